The predicted octanol–water partition coefficient (Wildman–Crippen LogP) is 3.31. The van der Waals surface area contributed by atoms with Gasteiger partial charge < -0.3 is 4.74 Å². The third-order valence-electron chi connectivity index (χ3n) is 2.29. The van der Waals surface area contributed by atoms with E-state index in [0.29, 0.717) is 6.04 Å². The van der Waals surface area contributed by atoms with Gasteiger partial charge in [-0.25, -0.2) is 4.79 Å². The van der Waals surface area contributed by atoms with Crippen LogP contribution < -0.4 is 0 Å². The smallest absolute Gasteiger partial charge is 0.414 e. The molecule has 3 heteroatoms. The van der Waals surface area contributed by atoms with Crippen LogP contribution in [0.5, 0.6) is 0 Å². The summed E-state index contributed by atoms with van der Waals surface area (Å²) in [5.41, 5.74) is -0.412. The zero-order chi connectivity index (χ0) is 11.5. The highest BCUT2D eigenvalue weighted by Crippen LogP contribution is 2.21. The predicted molar refractivity (Wildman–Crippen MR) is 60.5 cm³/mol. The summed E-state index contributed by atoms with van der Waals surface area (Å²) in [6, 6.07) is 0.296. The molecule has 3 nitrogen and oxygen atoms in total. The molecule has 0 radical (unpaired) electrons. The number of ether oxygens (including phenoxy) is 1. The van der Waals surface area contributed by atoms with Crippen molar-refractivity contribution in [2.45, 2.75) is 58.6 Å². The molecule has 0 fully saturated rings. The van der Waals surface area contributed by atoms with Crippen molar-refractivity contribution in [3.8, 4) is 0 Å². The van der Waals surface area contributed by atoms with Gasteiger partial charge in [-0.15, -0.1) is 0 Å². The van der Waals surface area contributed by atoms with Crippen molar-refractivity contribution in [3.05, 3.63) is 12.3 Å². The van der Waals surface area contributed by atoms with Crippen LogP contribution in [0.2, 0.25) is 0 Å². The van der Waals surface area contributed by atoms with Crippen LogP contribution in [0.3, 0.4) is 0 Å². The molecule has 1 rings (SSSR count). The molecular weight excluding hydrogens is 190 g/mol. The number of hydrogen-bond donors (Lipinski definition) is 0. The highest BCUT2D eigenvalue weighted by atomic mass is 16.6. The maximum atomic E-state index is 11.8. The normalized spacial score (nSPS) is 20.8. The number of carbonyl (C=O) groups is 1. The Morgan fingerprint density at radius 1 is 1.53 bits per heavy atom. The topological polar surface area (TPSA) is 29.5 Å². The van der Waals surface area contributed by atoms with Crippen molar-refractivity contribution in [1.29, 1.82) is 0 Å². The van der Waals surface area contributed by atoms with Crippen LogP contribution in [0.1, 0.15) is 47.0 Å². The van der Waals surface area contributed by atoms with Crippen molar-refractivity contribution in [2.24, 2.45) is 0 Å². The summed E-state index contributed by atoms with van der Waals surface area (Å²) in [7, 11) is 0. The molecule has 0 spiro atoms. The van der Waals surface area contributed by atoms with E-state index in [1.54, 1.807) is 4.90 Å². The second-order valence-electron chi connectivity index (χ2n) is 4.95. The lowest BCUT2D eigenvalue weighted by molar-refractivity contribution is 0.0282. The van der Waals surface area contributed by atoms with Crippen molar-refractivity contribution in [1.82, 2.24) is 4.90 Å². The van der Waals surface area contributed by atoms with E-state index < -0.39 is 5.60 Å². The van der Waals surface area contributed by atoms with Gasteiger partial charge in [0.15, 0.2) is 0 Å². The average Bonchev–Trinajstić information content (AvgIpc) is 2.49. The number of hydrogen-bond acceptors (Lipinski definition) is 2. The third kappa shape index (κ3) is 3.57. The van der Waals surface area contributed by atoms with Gasteiger partial charge in [-0.05, 0) is 33.6 Å². The van der Waals surface area contributed by atoms with E-state index in [4.69, 9.17) is 4.74 Å². The Kier molecular flexibility index (Phi) is 3.77. The Balaban J connectivity index is 2.55. The number of carbonyl (C=O) groups excluding carboxylic acids is 1. The Morgan fingerprint density at radius 2 is 2.20 bits per heavy atom. The minimum Gasteiger partial charge on any atom is -0.443 e. The van der Waals surface area contributed by atoms with Gasteiger partial charge in [0.25, 0.3) is 0 Å². The molecule has 0 saturated carbocycles. The first kappa shape index (κ1) is 12.1. The quantitative estimate of drug-likeness (QED) is 0.701. The highest BCUT2D eigenvalue weighted by Gasteiger charge is 2.28. The van der Waals surface area contributed by atoms with Crippen LogP contribution in [0.4, 0.5) is 4.79 Å². The maximum absolute atomic E-state index is 11.8. The summed E-state index contributed by atoms with van der Waals surface area (Å²) in [6.07, 6.45) is 6.72. The Hall–Kier alpha value is -0.990. The van der Waals surface area contributed by atoms with Crippen LogP contribution in [-0.4, -0.2) is 22.6 Å². The fraction of sp³-hybridized carbons (Fsp3) is 0.750. The van der Waals surface area contributed by atoms with Crippen LogP contribution >= 0.6 is 0 Å². The Bertz CT molecular complexity index is 253. The first-order valence-electron chi connectivity index (χ1n) is 5.62. The standard InChI is InChI=1S/C12H21NO2/c1-5-7-10-8-6-9-13(10)11(14)15-12(2,3)4/h6,9-10H,5,7-8H2,1-4H3/t10-/m1/s1. The molecule has 0 N–H and O–H groups in total. The SMILES string of the molecule is CCC[C@@H]1CC=CN1C(=O)OC(C)(C)C. The molecular formula is C12H21NO2. The van der Waals surface area contributed by atoms with Gasteiger partial charge in [0.2, 0.25) is 0 Å². The van der Waals surface area contributed by atoms with E-state index in [0.717, 1.165) is 19.3 Å². The molecule has 0 saturated heterocycles. The fourth-order valence-corrected chi connectivity index (χ4v) is 1.68. The molecule has 15 heavy (non-hydrogen) atoms. The van der Waals surface area contributed by atoms with E-state index in [2.05, 4.69) is 6.92 Å². The molecule has 1 aliphatic rings. The lowest BCUT2D eigenvalue weighted by atomic mass is 10.1. The molecule has 1 aliphatic heterocycles. The van der Waals surface area contributed by atoms with E-state index in [1.807, 2.05) is 33.0 Å². The summed E-state index contributed by atoms with van der Waals surface area (Å²) >= 11 is 0. The molecule has 86 valence electrons. The number of rotatable bonds is 2. The molecule has 1 heterocycles. The second kappa shape index (κ2) is 4.69. The summed E-state index contributed by atoms with van der Waals surface area (Å²) in [6.45, 7) is 7.80. The van der Waals surface area contributed by atoms with E-state index in [-0.39, 0.29) is 6.09 Å². The Labute approximate surface area is 92.1 Å². The second-order valence-corrected chi connectivity index (χ2v) is 4.95. The molecule has 0 aliphatic carbocycles. The molecule has 0 aromatic heterocycles. The van der Waals surface area contributed by atoms with Gasteiger partial charge in [0.05, 0.1) is 0 Å². The number of amides is 1. The van der Waals surface area contributed by atoms with Gasteiger partial charge in [-0.3, -0.25) is 4.90 Å². The minimum atomic E-state index is -0.412. The summed E-state index contributed by atoms with van der Waals surface area (Å²) in [5, 5.41) is 0. The maximum Gasteiger partial charge on any atom is 0.414 e. The van der Waals surface area contributed by atoms with Crippen molar-refractivity contribution in [3.63, 3.8) is 0 Å². The molecule has 0 unspecified atom stereocenters. The molecule has 1 atom stereocenters. The van der Waals surface area contributed by atoms with E-state index in [1.165, 1.54) is 0 Å². The molecule has 0 bridgehead atoms. The van der Waals surface area contributed by atoms with Crippen LogP contribution in [0.25, 0.3) is 0 Å². The van der Waals surface area contributed by atoms with Crippen molar-refractivity contribution >= 4 is 6.09 Å². The number of nitrogens with zero attached hydrogens (tertiary/aromatic N) is 1. The summed E-state index contributed by atoms with van der Waals surface area (Å²) in [5.74, 6) is 0. The highest BCUT2D eigenvalue weighted by molar-refractivity contribution is 5.70. The van der Waals surface area contributed by atoms with Crippen LogP contribution in [-0.2, 0) is 4.74 Å². The Morgan fingerprint density at radius 3 is 2.73 bits per heavy atom. The largest absolute Gasteiger partial charge is 0.443 e. The van der Waals surface area contributed by atoms with Gasteiger partial charge in [0, 0.05) is 12.2 Å². The van der Waals surface area contributed by atoms with Gasteiger partial charge in [-0.2, -0.15) is 0 Å². The van der Waals surface area contributed by atoms with Gasteiger partial charge in [-0.1, -0.05) is 19.4 Å². The first-order valence-corrected chi connectivity index (χ1v) is 5.62. The van der Waals surface area contributed by atoms with E-state index in [9.17, 15) is 4.79 Å². The zero-order valence-electron chi connectivity index (χ0n) is 10.1. The van der Waals surface area contributed by atoms with Gasteiger partial charge >= 0.3 is 6.09 Å². The zero-order valence-corrected chi connectivity index (χ0v) is 10.1. The van der Waals surface area contributed by atoms with Crippen molar-refractivity contribution in [2.75, 3.05) is 0 Å². The van der Waals surface area contributed by atoms with E-state index >= 15 is 0 Å². The monoisotopic (exact) mass is 211 g/mol. The van der Waals surface area contributed by atoms with Crippen molar-refractivity contribution < 1.29 is 9.53 Å². The summed E-state index contributed by atoms with van der Waals surface area (Å²) < 4.78 is 5.33. The van der Waals surface area contributed by atoms with Gasteiger partial charge in [0.1, 0.15) is 5.60 Å². The lowest BCUT2D eigenvalue weighted by Crippen LogP contribution is -2.37. The average molecular weight is 211 g/mol. The van der Waals surface area contributed by atoms with Crippen LogP contribution in [0, 0.1) is 0 Å². The fourth-order valence-electron chi connectivity index (χ4n) is 1.68. The lowest BCUT2D eigenvalue weighted by Gasteiger charge is -2.27. The molecule has 0 aromatic carbocycles. The first-order chi connectivity index (χ1) is 6.94. The third-order valence-corrected chi connectivity index (χ3v) is 2.29. The molecule has 0 aromatic rings. The van der Waals surface area contributed by atoms with Crippen LogP contribution in [0.15, 0.2) is 12.3 Å². The molecule has 1 amide bonds. The minimum absolute atomic E-state index is 0.227. The summed E-state index contributed by atoms with van der Waals surface area (Å²) in [4.78, 5) is 13.5.